The highest BCUT2D eigenvalue weighted by atomic mass is 14.7. The summed E-state index contributed by atoms with van der Waals surface area (Å²) in [6.07, 6.45) is 6.43. The molecule has 0 radical (unpaired) electrons. The third-order valence-corrected chi connectivity index (χ3v) is 1.46. The van der Waals surface area contributed by atoms with Gasteiger partial charge in [-0.3, -0.25) is 4.99 Å². The third kappa shape index (κ3) is 4.30. The van der Waals surface area contributed by atoms with E-state index in [4.69, 9.17) is 0 Å². The van der Waals surface area contributed by atoms with E-state index >= 15 is 0 Å². The van der Waals surface area contributed by atoms with E-state index in [-0.39, 0.29) is 0 Å². The summed E-state index contributed by atoms with van der Waals surface area (Å²) in [7, 11) is 0. The molecule has 0 spiro atoms. The van der Waals surface area contributed by atoms with Crippen LogP contribution < -0.4 is 0 Å². The van der Waals surface area contributed by atoms with Gasteiger partial charge in [0, 0.05) is 0 Å². The van der Waals surface area contributed by atoms with Gasteiger partial charge >= 0.3 is 0 Å². The molecule has 0 atom stereocenters. The summed E-state index contributed by atoms with van der Waals surface area (Å²) >= 11 is 0. The second kappa shape index (κ2) is 6.53. The molecule has 1 nitrogen and oxygen atoms in total. The van der Waals surface area contributed by atoms with Gasteiger partial charge in [0.1, 0.15) is 0 Å². The van der Waals surface area contributed by atoms with Crippen LogP contribution in [0.15, 0.2) is 16.6 Å². The van der Waals surface area contributed by atoms with E-state index in [0.29, 0.717) is 0 Å². The molecule has 0 saturated heterocycles. The molecule has 10 heavy (non-hydrogen) atoms. The summed E-state index contributed by atoms with van der Waals surface area (Å²) in [5.74, 6) is 0. The van der Waals surface area contributed by atoms with E-state index in [1.807, 2.05) is 13.1 Å². The van der Waals surface area contributed by atoms with E-state index in [2.05, 4.69) is 24.9 Å². The quantitative estimate of drug-likeness (QED) is 0.419. The monoisotopic (exact) mass is 139 g/mol. The minimum atomic E-state index is 0.890. The molecule has 0 bridgehead atoms. The molecule has 0 saturated carbocycles. The van der Waals surface area contributed by atoms with E-state index in [0.717, 1.165) is 6.54 Å². The predicted octanol–water partition coefficient (Wildman–Crippen LogP) is 2.82. The van der Waals surface area contributed by atoms with Crippen LogP contribution in [-0.2, 0) is 0 Å². The molecule has 0 amide bonds. The van der Waals surface area contributed by atoms with Crippen LogP contribution in [-0.4, -0.2) is 12.8 Å². The summed E-state index contributed by atoms with van der Waals surface area (Å²) in [5, 5.41) is 0. The standard InChI is InChI=1S/C9H17N/c1-4-7-9(5-2)8-10-6-3/h5-6H,4,7-8H2,1-3H3/b9-5+,10-6?. The molecule has 58 valence electrons. The molecule has 0 fully saturated rings. The average molecular weight is 139 g/mol. The lowest BCUT2D eigenvalue weighted by atomic mass is 10.1. The second-order valence-electron chi connectivity index (χ2n) is 2.30. The van der Waals surface area contributed by atoms with Gasteiger partial charge in [-0.05, 0) is 26.5 Å². The summed E-state index contributed by atoms with van der Waals surface area (Å²) < 4.78 is 0. The van der Waals surface area contributed by atoms with Crippen LogP contribution in [0.2, 0.25) is 0 Å². The van der Waals surface area contributed by atoms with E-state index < -0.39 is 0 Å². The van der Waals surface area contributed by atoms with Crippen molar-refractivity contribution < 1.29 is 0 Å². The molecule has 0 aliphatic heterocycles. The lowest BCUT2D eigenvalue weighted by Crippen LogP contribution is -1.87. The molecule has 0 aliphatic carbocycles. The van der Waals surface area contributed by atoms with Crippen LogP contribution >= 0.6 is 0 Å². The van der Waals surface area contributed by atoms with Crippen LogP contribution in [0.25, 0.3) is 0 Å². The largest absolute Gasteiger partial charge is 0.293 e. The van der Waals surface area contributed by atoms with Crippen molar-refractivity contribution >= 4 is 6.21 Å². The van der Waals surface area contributed by atoms with Crippen molar-refractivity contribution in [3.05, 3.63) is 11.6 Å². The highest BCUT2D eigenvalue weighted by Gasteiger charge is 1.89. The van der Waals surface area contributed by atoms with Gasteiger partial charge in [-0.25, -0.2) is 0 Å². The van der Waals surface area contributed by atoms with Crippen molar-refractivity contribution in [1.29, 1.82) is 0 Å². The van der Waals surface area contributed by atoms with Gasteiger partial charge < -0.3 is 0 Å². The SMILES string of the molecule is CC=NC/C(=C/C)CCC. The van der Waals surface area contributed by atoms with Gasteiger partial charge in [0.2, 0.25) is 0 Å². The Balaban J connectivity index is 3.62. The predicted molar refractivity (Wildman–Crippen MR) is 47.7 cm³/mol. The number of nitrogens with zero attached hydrogens (tertiary/aromatic N) is 1. The fraction of sp³-hybridized carbons (Fsp3) is 0.667. The lowest BCUT2D eigenvalue weighted by Gasteiger charge is -1.98. The molecule has 0 aromatic carbocycles. The molecule has 0 aromatic heterocycles. The smallest absolute Gasteiger partial charge is 0.0595 e. The van der Waals surface area contributed by atoms with Crippen molar-refractivity contribution in [2.75, 3.05) is 6.54 Å². The highest BCUT2D eigenvalue weighted by Crippen LogP contribution is 2.03. The number of hydrogen-bond acceptors (Lipinski definition) is 1. The minimum Gasteiger partial charge on any atom is -0.293 e. The number of hydrogen-bond donors (Lipinski definition) is 0. The molecule has 0 rings (SSSR count). The molecule has 1 heteroatoms. The van der Waals surface area contributed by atoms with Crippen molar-refractivity contribution in [1.82, 2.24) is 0 Å². The Kier molecular flexibility index (Phi) is 6.14. The van der Waals surface area contributed by atoms with Gasteiger partial charge in [0.25, 0.3) is 0 Å². The minimum absolute atomic E-state index is 0.890. The van der Waals surface area contributed by atoms with Gasteiger partial charge in [0.15, 0.2) is 0 Å². The Morgan fingerprint density at radius 2 is 2.10 bits per heavy atom. The summed E-state index contributed by atoms with van der Waals surface area (Å²) in [4.78, 5) is 4.17. The summed E-state index contributed by atoms with van der Waals surface area (Å²) in [6.45, 7) is 7.12. The van der Waals surface area contributed by atoms with Crippen LogP contribution in [0.5, 0.6) is 0 Å². The Bertz CT molecular complexity index is 123. The normalized spacial score (nSPS) is 12.9. The zero-order valence-electron chi connectivity index (χ0n) is 7.22. The fourth-order valence-corrected chi connectivity index (χ4v) is 0.844. The first-order valence-corrected chi connectivity index (χ1v) is 3.93. The molecular weight excluding hydrogens is 122 g/mol. The van der Waals surface area contributed by atoms with E-state index in [1.165, 1.54) is 18.4 Å². The molecule has 0 unspecified atom stereocenters. The summed E-state index contributed by atoms with van der Waals surface area (Å²) in [6, 6.07) is 0. The van der Waals surface area contributed by atoms with Crippen molar-refractivity contribution in [2.24, 2.45) is 4.99 Å². The number of rotatable bonds is 4. The van der Waals surface area contributed by atoms with Gasteiger partial charge in [-0.2, -0.15) is 0 Å². The van der Waals surface area contributed by atoms with Crippen molar-refractivity contribution in [3.63, 3.8) is 0 Å². The van der Waals surface area contributed by atoms with Gasteiger partial charge in [-0.15, -0.1) is 0 Å². The fourth-order valence-electron chi connectivity index (χ4n) is 0.844. The van der Waals surface area contributed by atoms with Crippen molar-refractivity contribution in [2.45, 2.75) is 33.6 Å². The third-order valence-electron chi connectivity index (χ3n) is 1.46. The molecule has 0 aliphatic rings. The Labute approximate surface area is 63.9 Å². The first-order valence-electron chi connectivity index (χ1n) is 3.93. The topological polar surface area (TPSA) is 12.4 Å². The highest BCUT2D eigenvalue weighted by molar-refractivity contribution is 5.53. The zero-order chi connectivity index (χ0) is 7.82. The Morgan fingerprint density at radius 3 is 2.50 bits per heavy atom. The first kappa shape index (κ1) is 9.41. The van der Waals surface area contributed by atoms with Gasteiger partial charge in [-0.1, -0.05) is 25.0 Å². The summed E-state index contributed by atoms with van der Waals surface area (Å²) in [5.41, 5.74) is 1.45. The first-order chi connectivity index (χ1) is 4.85. The van der Waals surface area contributed by atoms with Crippen LogP contribution in [0.1, 0.15) is 33.6 Å². The van der Waals surface area contributed by atoms with Crippen LogP contribution in [0.4, 0.5) is 0 Å². The zero-order valence-corrected chi connectivity index (χ0v) is 7.22. The van der Waals surface area contributed by atoms with E-state index in [9.17, 15) is 0 Å². The maximum atomic E-state index is 4.17. The Morgan fingerprint density at radius 1 is 1.40 bits per heavy atom. The molecular formula is C9H17N. The molecule has 0 N–H and O–H groups in total. The van der Waals surface area contributed by atoms with Crippen LogP contribution in [0, 0.1) is 0 Å². The van der Waals surface area contributed by atoms with E-state index in [1.54, 1.807) is 0 Å². The average Bonchev–Trinajstić information content (AvgIpc) is 1.98. The van der Waals surface area contributed by atoms with Crippen LogP contribution in [0.3, 0.4) is 0 Å². The molecule has 0 aromatic rings. The van der Waals surface area contributed by atoms with Crippen molar-refractivity contribution in [3.8, 4) is 0 Å². The molecule has 0 heterocycles. The lowest BCUT2D eigenvalue weighted by molar-refractivity contribution is 0.873. The van der Waals surface area contributed by atoms with Gasteiger partial charge in [0.05, 0.1) is 6.54 Å². The maximum absolute atomic E-state index is 4.17. The second-order valence-corrected chi connectivity index (χ2v) is 2.30. The maximum Gasteiger partial charge on any atom is 0.0595 e. The number of allylic oxidation sites excluding steroid dienone is 1. The Hall–Kier alpha value is -0.590. The number of aliphatic imine (C=N–C) groups is 1.